The van der Waals surface area contributed by atoms with Gasteiger partial charge < -0.3 is 5.32 Å². The highest BCUT2D eigenvalue weighted by atomic mass is 35.5. The summed E-state index contributed by atoms with van der Waals surface area (Å²) in [6.45, 7) is 1.55. The van der Waals surface area contributed by atoms with Crippen LogP contribution in [0.5, 0.6) is 0 Å². The van der Waals surface area contributed by atoms with E-state index in [1.54, 1.807) is 12.4 Å². The Morgan fingerprint density at radius 3 is 3.15 bits per heavy atom. The first-order valence-corrected chi connectivity index (χ1v) is 4.45. The van der Waals surface area contributed by atoms with Gasteiger partial charge in [-0.15, -0.1) is 12.3 Å². The molecule has 0 aliphatic heterocycles. The predicted octanol–water partition coefficient (Wildman–Crippen LogP) is 1.85. The van der Waals surface area contributed by atoms with E-state index in [0.717, 1.165) is 25.1 Å². The Balaban J connectivity index is 2.37. The van der Waals surface area contributed by atoms with Gasteiger partial charge in [-0.3, -0.25) is 4.98 Å². The van der Waals surface area contributed by atoms with Crippen molar-refractivity contribution in [3.8, 4) is 12.3 Å². The molecule has 1 aromatic heterocycles. The first kappa shape index (κ1) is 10.0. The van der Waals surface area contributed by atoms with Crippen LogP contribution in [-0.2, 0) is 6.54 Å². The number of aromatic nitrogens is 1. The van der Waals surface area contributed by atoms with Gasteiger partial charge in [0.1, 0.15) is 0 Å². The highest BCUT2D eigenvalue weighted by Crippen LogP contribution is 2.12. The van der Waals surface area contributed by atoms with Gasteiger partial charge in [0.25, 0.3) is 0 Å². The van der Waals surface area contributed by atoms with E-state index in [1.807, 2.05) is 6.07 Å². The lowest BCUT2D eigenvalue weighted by Crippen LogP contribution is -2.14. The number of nitrogens with one attached hydrogen (secondary N) is 1. The van der Waals surface area contributed by atoms with Crippen LogP contribution in [0, 0.1) is 12.3 Å². The minimum absolute atomic E-state index is 0.690. The third-order valence-corrected chi connectivity index (χ3v) is 1.96. The molecule has 0 amide bonds. The average molecular weight is 195 g/mol. The molecule has 0 aliphatic rings. The van der Waals surface area contributed by atoms with E-state index in [0.29, 0.717) is 5.02 Å². The second-order valence-corrected chi connectivity index (χ2v) is 3.01. The molecule has 2 nitrogen and oxygen atoms in total. The molecule has 13 heavy (non-hydrogen) atoms. The fourth-order valence-electron chi connectivity index (χ4n) is 0.931. The molecule has 1 N–H and O–H groups in total. The number of hydrogen-bond donors (Lipinski definition) is 1. The lowest BCUT2D eigenvalue weighted by Gasteiger charge is -2.03. The van der Waals surface area contributed by atoms with Crippen LogP contribution in [0.25, 0.3) is 0 Å². The lowest BCUT2D eigenvalue weighted by molar-refractivity contribution is 0.701. The second-order valence-electron chi connectivity index (χ2n) is 2.60. The summed E-state index contributed by atoms with van der Waals surface area (Å²) >= 11 is 5.89. The van der Waals surface area contributed by atoms with Crippen LogP contribution in [0.4, 0.5) is 0 Å². The van der Waals surface area contributed by atoms with Crippen molar-refractivity contribution in [2.45, 2.75) is 13.0 Å². The van der Waals surface area contributed by atoms with Crippen molar-refractivity contribution in [3.63, 3.8) is 0 Å². The molecule has 0 spiro atoms. The maximum Gasteiger partial charge on any atom is 0.0634 e. The molecular weight excluding hydrogens is 184 g/mol. The van der Waals surface area contributed by atoms with Crippen LogP contribution < -0.4 is 5.32 Å². The Bertz CT molecular complexity index is 304. The van der Waals surface area contributed by atoms with Gasteiger partial charge in [-0.25, -0.2) is 0 Å². The summed E-state index contributed by atoms with van der Waals surface area (Å²) in [5.41, 5.74) is 1.05. The highest BCUT2D eigenvalue weighted by Gasteiger charge is 1.97. The predicted molar refractivity (Wildman–Crippen MR) is 54.4 cm³/mol. The van der Waals surface area contributed by atoms with E-state index in [2.05, 4.69) is 16.2 Å². The fourth-order valence-corrected chi connectivity index (χ4v) is 1.12. The molecule has 0 saturated heterocycles. The number of rotatable bonds is 4. The summed E-state index contributed by atoms with van der Waals surface area (Å²) in [7, 11) is 0. The zero-order valence-corrected chi connectivity index (χ0v) is 8.01. The molecule has 1 heterocycles. The van der Waals surface area contributed by atoms with Crippen LogP contribution in [0.15, 0.2) is 18.5 Å². The summed E-state index contributed by atoms with van der Waals surface area (Å²) in [6.07, 6.45) is 9.22. The Morgan fingerprint density at radius 2 is 2.46 bits per heavy atom. The van der Waals surface area contributed by atoms with E-state index < -0.39 is 0 Å². The summed E-state index contributed by atoms with van der Waals surface area (Å²) in [6, 6.07) is 1.89. The minimum Gasteiger partial charge on any atom is -0.312 e. The molecule has 0 aliphatic carbocycles. The molecule has 1 aromatic rings. The van der Waals surface area contributed by atoms with Crippen LogP contribution in [0.2, 0.25) is 5.02 Å². The van der Waals surface area contributed by atoms with Gasteiger partial charge in [0.05, 0.1) is 5.02 Å². The van der Waals surface area contributed by atoms with E-state index >= 15 is 0 Å². The molecule has 0 bridgehead atoms. The average Bonchev–Trinajstić information content (AvgIpc) is 2.15. The summed E-state index contributed by atoms with van der Waals surface area (Å²) < 4.78 is 0. The largest absolute Gasteiger partial charge is 0.312 e. The third-order valence-electron chi connectivity index (χ3n) is 1.62. The van der Waals surface area contributed by atoms with Gasteiger partial charge in [0.15, 0.2) is 0 Å². The van der Waals surface area contributed by atoms with Crippen molar-refractivity contribution in [2.75, 3.05) is 6.54 Å². The van der Waals surface area contributed by atoms with Gasteiger partial charge in [0.2, 0.25) is 0 Å². The van der Waals surface area contributed by atoms with Crippen molar-refractivity contribution in [1.29, 1.82) is 0 Å². The lowest BCUT2D eigenvalue weighted by atomic mass is 10.2. The van der Waals surface area contributed by atoms with E-state index in [9.17, 15) is 0 Å². The van der Waals surface area contributed by atoms with E-state index in [1.165, 1.54) is 0 Å². The maximum absolute atomic E-state index is 5.89. The van der Waals surface area contributed by atoms with Crippen LogP contribution >= 0.6 is 11.6 Å². The SMILES string of the molecule is C#CCCNCc1ccncc1Cl. The van der Waals surface area contributed by atoms with E-state index in [4.69, 9.17) is 18.0 Å². The highest BCUT2D eigenvalue weighted by molar-refractivity contribution is 6.31. The van der Waals surface area contributed by atoms with Gasteiger partial charge in [-0.1, -0.05) is 11.6 Å². The molecule has 3 heteroatoms. The third kappa shape index (κ3) is 3.45. The van der Waals surface area contributed by atoms with Crippen LogP contribution in [-0.4, -0.2) is 11.5 Å². The number of nitrogens with zero attached hydrogens (tertiary/aromatic N) is 1. The van der Waals surface area contributed by atoms with Gasteiger partial charge >= 0.3 is 0 Å². The maximum atomic E-state index is 5.89. The quantitative estimate of drug-likeness (QED) is 0.585. The first-order chi connectivity index (χ1) is 6.34. The molecule has 0 fully saturated rings. The molecule has 0 unspecified atom stereocenters. The van der Waals surface area contributed by atoms with Crippen LogP contribution in [0.1, 0.15) is 12.0 Å². The molecule has 0 atom stereocenters. The molecular formula is C10H11ClN2. The topological polar surface area (TPSA) is 24.9 Å². The van der Waals surface area contributed by atoms with Crippen molar-refractivity contribution >= 4 is 11.6 Å². The molecule has 68 valence electrons. The molecule has 0 aromatic carbocycles. The Kier molecular flexibility index (Phi) is 4.31. The molecule has 0 saturated carbocycles. The van der Waals surface area contributed by atoms with E-state index in [-0.39, 0.29) is 0 Å². The smallest absolute Gasteiger partial charge is 0.0634 e. The normalized spacial score (nSPS) is 9.54. The summed E-state index contributed by atoms with van der Waals surface area (Å²) in [5, 5.41) is 3.88. The number of halogens is 1. The number of hydrogen-bond acceptors (Lipinski definition) is 2. The van der Waals surface area contributed by atoms with Crippen molar-refractivity contribution in [1.82, 2.24) is 10.3 Å². The second kappa shape index (κ2) is 5.58. The van der Waals surface area contributed by atoms with Crippen molar-refractivity contribution in [2.24, 2.45) is 0 Å². The number of pyridine rings is 1. The van der Waals surface area contributed by atoms with Gasteiger partial charge in [0, 0.05) is 31.9 Å². The first-order valence-electron chi connectivity index (χ1n) is 4.07. The van der Waals surface area contributed by atoms with Crippen LogP contribution in [0.3, 0.4) is 0 Å². The zero-order chi connectivity index (χ0) is 9.52. The van der Waals surface area contributed by atoms with Gasteiger partial charge in [-0.05, 0) is 11.6 Å². The Labute approximate surface area is 83.3 Å². The van der Waals surface area contributed by atoms with Gasteiger partial charge in [-0.2, -0.15) is 0 Å². The summed E-state index contributed by atoms with van der Waals surface area (Å²) in [5.74, 6) is 2.56. The number of terminal acetylenes is 1. The fraction of sp³-hybridized carbons (Fsp3) is 0.300. The molecule has 0 radical (unpaired) electrons. The standard InChI is InChI=1S/C10H11ClN2/c1-2-3-5-12-7-9-4-6-13-8-10(9)11/h1,4,6,8,12H,3,5,7H2. The Hall–Kier alpha value is -1.04. The zero-order valence-electron chi connectivity index (χ0n) is 7.26. The summed E-state index contributed by atoms with van der Waals surface area (Å²) in [4.78, 5) is 3.90. The minimum atomic E-state index is 0.690. The Morgan fingerprint density at radius 1 is 1.62 bits per heavy atom. The van der Waals surface area contributed by atoms with Crippen molar-refractivity contribution < 1.29 is 0 Å². The van der Waals surface area contributed by atoms with Crippen molar-refractivity contribution in [3.05, 3.63) is 29.0 Å². The monoisotopic (exact) mass is 194 g/mol. The molecule has 1 rings (SSSR count).